The van der Waals surface area contributed by atoms with Crippen LogP contribution in [0, 0.1) is 10.7 Å². The zero-order chi connectivity index (χ0) is 21.4. The number of hydrogen-bond acceptors (Lipinski definition) is 4. The number of fused-ring (bicyclic) bond motifs is 1. The van der Waals surface area contributed by atoms with Crippen LogP contribution in [0.4, 0.5) is 0 Å². The van der Waals surface area contributed by atoms with Crippen LogP contribution >= 0.6 is 12.2 Å². The molecule has 0 amide bonds. The van der Waals surface area contributed by atoms with Gasteiger partial charge in [-0.25, -0.2) is 0 Å². The average molecular weight is 412 g/mol. The van der Waals surface area contributed by atoms with Crippen LogP contribution in [0.3, 0.4) is 0 Å². The summed E-state index contributed by atoms with van der Waals surface area (Å²) in [5.74, 6) is 0.564. The van der Waals surface area contributed by atoms with Crippen LogP contribution in [0.15, 0.2) is 60.9 Å². The highest BCUT2D eigenvalue weighted by atomic mass is 32.1. The molecular weight excluding hydrogens is 382 g/mol. The lowest BCUT2D eigenvalue weighted by molar-refractivity contribution is 0.172. The maximum Gasteiger partial charge on any atom is 0.200 e. The van der Waals surface area contributed by atoms with Crippen molar-refractivity contribution in [1.29, 1.82) is 0 Å². The van der Waals surface area contributed by atoms with Crippen molar-refractivity contribution >= 4 is 28.6 Å². The highest BCUT2D eigenvalue weighted by Crippen LogP contribution is 2.26. The number of aromatic nitrogens is 3. The van der Waals surface area contributed by atoms with E-state index in [0.29, 0.717) is 10.6 Å². The summed E-state index contributed by atoms with van der Waals surface area (Å²) >= 11 is 5.50. The monoisotopic (exact) mass is 411 g/mol. The summed E-state index contributed by atoms with van der Waals surface area (Å²) in [6, 6.07) is 14.2. The van der Waals surface area contributed by atoms with Crippen molar-refractivity contribution in [3.63, 3.8) is 0 Å². The summed E-state index contributed by atoms with van der Waals surface area (Å²) in [5, 5.41) is 28.6. The molecule has 154 valence electrons. The second-order valence-corrected chi connectivity index (χ2v) is 6.83. The van der Waals surface area contributed by atoms with Gasteiger partial charge in [-0.2, -0.15) is 5.10 Å². The molecule has 1 heterocycles. The van der Waals surface area contributed by atoms with Crippen molar-refractivity contribution in [2.75, 3.05) is 0 Å². The zero-order valence-corrected chi connectivity index (χ0v) is 18.1. The molecule has 6 heteroatoms. The first kappa shape index (κ1) is 22.6. The SMILES string of the molecule is CC.CCC(/C=C(\C)c1n[nH]c(=S)n1-c1cccc2ccccc12)C(O)/C=C/O. The quantitative estimate of drug-likeness (QED) is 0.345. The molecule has 0 saturated heterocycles. The van der Waals surface area contributed by atoms with Crippen LogP contribution in [0.5, 0.6) is 0 Å². The van der Waals surface area contributed by atoms with E-state index in [2.05, 4.69) is 28.4 Å². The molecule has 2 aromatic carbocycles. The van der Waals surface area contributed by atoms with Gasteiger partial charge in [-0.05, 0) is 48.7 Å². The van der Waals surface area contributed by atoms with Gasteiger partial charge in [0.2, 0.25) is 0 Å². The molecule has 0 saturated carbocycles. The number of nitrogens with one attached hydrogen (secondary N) is 1. The molecule has 0 aliphatic rings. The standard InChI is InChI=1S/C21H23N3O2S.C2H6/c1-3-15(19(26)11-12-25)13-14(2)20-22-23-21(27)24(20)18-10-6-8-16-7-4-5-9-17(16)18;1-2/h4-13,15,19,25-26H,3H2,1-2H3,(H,23,27);1-2H3/b12-11+,14-13+;. The van der Waals surface area contributed by atoms with Crippen molar-refractivity contribution in [3.05, 3.63) is 71.5 Å². The Balaban J connectivity index is 0.00000145. The Hall–Kier alpha value is -2.70. The van der Waals surface area contributed by atoms with Gasteiger partial charge in [0.1, 0.15) is 0 Å². The smallest absolute Gasteiger partial charge is 0.200 e. The lowest BCUT2D eigenvalue weighted by Crippen LogP contribution is -2.15. The molecule has 3 aromatic rings. The number of aliphatic hydroxyl groups is 2. The molecule has 0 aliphatic carbocycles. The number of aromatic amines is 1. The molecule has 0 spiro atoms. The maximum absolute atomic E-state index is 10.2. The number of allylic oxidation sites excluding steroid dienone is 1. The number of benzene rings is 2. The highest BCUT2D eigenvalue weighted by Gasteiger charge is 2.17. The summed E-state index contributed by atoms with van der Waals surface area (Å²) in [5.41, 5.74) is 1.85. The van der Waals surface area contributed by atoms with Crippen molar-refractivity contribution in [1.82, 2.24) is 14.8 Å². The fourth-order valence-electron chi connectivity index (χ4n) is 3.27. The lowest BCUT2D eigenvalue weighted by Gasteiger charge is -2.16. The third-order valence-electron chi connectivity index (χ3n) is 4.69. The summed E-state index contributed by atoms with van der Waals surface area (Å²) in [6.45, 7) is 7.94. The first-order valence-electron chi connectivity index (χ1n) is 9.90. The Morgan fingerprint density at radius 1 is 1.21 bits per heavy atom. The summed E-state index contributed by atoms with van der Waals surface area (Å²) in [7, 11) is 0. The van der Waals surface area contributed by atoms with Gasteiger partial charge in [-0.15, -0.1) is 0 Å². The molecule has 2 atom stereocenters. The molecule has 3 rings (SSSR count). The average Bonchev–Trinajstić information content (AvgIpc) is 3.14. The topological polar surface area (TPSA) is 74.1 Å². The largest absolute Gasteiger partial charge is 0.516 e. The molecule has 0 radical (unpaired) electrons. The van der Waals surface area contributed by atoms with E-state index in [9.17, 15) is 5.11 Å². The number of hydrogen-bond donors (Lipinski definition) is 3. The summed E-state index contributed by atoms with van der Waals surface area (Å²) in [6.07, 6.45) is 4.19. The van der Waals surface area contributed by atoms with Crippen LogP contribution in [0.2, 0.25) is 0 Å². The predicted octanol–water partition coefficient (Wildman–Crippen LogP) is 5.97. The third-order valence-corrected chi connectivity index (χ3v) is 4.96. The lowest BCUT2D eigenvalue weighted by atomic mass is 9.96. The molecule has 0 bridgehead atoms. The molecule has 5 nitrogen and oxygen atoms in total. The maximum atomic E-state index is 10.2. The Bertz CT molecular complexity index is 1040. The molecular formula is C23H29N3O2S. The van der Waals surface area contributed by atoms with Crippen molar-refractivity contribution in [2.45, 2.75) is 40.2 Å². The van der Waals surface area contributed by atoms with E-state index < -0.39 is 6.10 Å². The Morgan fingerprint density at radius 3 is 2.59 bits per heavy atom. The van der Waals surface area contributed by atoms with Gasteiger partial charge in [-0.1, -0.05) is 63.2 Å². The predicted molar refractivity (Wildman–Crippen MR) is 123 cm³/mol. The fourth-order valence-corrected chi connectivity index (χ4v) is 3.50. The second-order valence-electron chi connectivity index (χ2n) is 6.44. The van der Waals surface area contributed by atoms with E-state index in [1.807, 2.05) is 62.6 Å². The highest BCUT2D eigenvalue weighted by molar-refractivity contribution is 7.71. The van der Waals surface area contributed by atoms with Gasteiger partial charge in [0, 0.05) is 11.3 Å². The number of aliphatic hydroxyl groups excluding tert-OH is 2. The number of H-pyrrole nitrogens is 1. The Kier molecular flexibility index (Phi) is 8.36. The summed E-state index contributed by atoms with van der Waals surface area (Å²) < 4.78 is 2.43. The molecule has 3 N–H and O–H groups in total. The van der Waals surface area contributed by atoms with Crippen LogP contribution in [0.25, 0.3) is 22.0 Å². The number of rotatable bonds is 6. The number of nitrogens with zero attached hydrogens (tertiary/aromatic N) is 2. The normalized spacial score (nSPS) is 13.9. The van der Waals surface area contributed by atoms with E-state index in [1.165, 1.54) is 6.08 Å². The van der Waals surface area contributed by atoms with Crippen LogP contribution in [-0.2, 0) is 0 Å². The van der Waals surface area contributed by atoms with E-state index >= 15 is 0 Å². The molecule has 0 aliphatic heterocycles. The van der Waals surface area contributed by atoms with Crippen LogP contribution in [-0.4, -0.2) is 31.1 Å². The zero-order valence-electron chi connectivity index (χ0n) is 17.3. The third kappa shape index (κ3) is 5.02. The molecule has 0 fully saturated rings. The van der Waals surface area contributed by atoms with Crippen molar-refractivity contribution in [2.24, 2.45) is 5.92 Å². The molecule has 1 aromatic heterocycles. The Labute approximate surface area is 177 Å². The van der Waals surface area contributed by atoms with Gasteiger partial charge in [0.15, 0.2) is 10.6 Å². The van der Waals surface area contributed by atoms with E-state index in [-0.39, 0.29) is 5.92 Å². The van der Waals surface area contributed by atoms with Gasteiger partial charge < -0.3 is 10.2 Å². The minimum Gasteiger partial charge on any atom is -0.516 e. The van der Waals surface area contributed by atoms with E-state index in [4.69, 9.17) is 17.3 Å². The van der Waals surface area contributed by atoms with Gasteiger partial charge in [0.25, 0.3) is 0 Å². The van der Waals surface area contributed by atoms with Crippen molar-refractivity contribution < 1.29 is 10.2 Å². The molecule has 2 unspecified atom stereocenters. The van der Waals surface area contributed by atoms with Gasteiger partial charge in [-0.3, -0.25) is 9.67 Å². The summed E-state index contributed by atoms with van der Waals surface area (Å²) in [4.78, 5) is 0. The minimum absolute atomic E-state index is 0.139. The van der Waals surface area contributed by atoms with Crippen LogP contribution < -0.4 is 0 Å². The van der Waals surface area contributed by atoms with Gasteiger partial charge in [0.05, 0.1) is 18.1 Å². The van der Waals surface area contributed by atoms with Crippen molar-refractivity contribution in [3.8, 4) is 5.69 Å². The van der Waals surface area contributed by atoms with Gasteiger partial charge >= 0.3 is 0 Å². The first-order valence-corrected chi connectivity index (χ1v) is 10.3. The first-order chi connectivity index (χ1) is 14.1. The second kappa shape index (κ2) is 10.7. The fraction of sp³-hybridized carbons (Fsp3) is 0.304. The van der Waals surface area contributed by atoms with E-state index in [1.54, 1.807) is 0 Å². The van der Waals surface area contributed by atoms with Crippen LogP contribution in [0.1, 0.15) is 39.9 Å². The molecule has 29 heavy (non-hydrogen) atoms. The van der Waals surface area contributed by atoms with E-state index in [0.717, 1.165) is 34.7 Å². The Morgan fingerprint density at radius 2 is 1.90 bits per heavy atom. The minimum atomic E-state index is -0.761.